The summed E-state index contributed by atoms with van der Waals surface area (Å²) < 4.78 is 29.0. The van der Waals surface area contributed by atoms with Crippen molar-refractivity contribution in [1.29, 1.82) is 0 Å². The summed E-state index contributed by atoms with van der Waals surface area (Å²) >= 11 is 0. The molecule has 0 aliphatic carbocycles. The van der Waals surface area contributed by atoms with Crippen LogP contribution < -0.4 is 5.32 Å². The number of alkyl halides is 2. The Kier molecular flexibility index (Phi) is 4.41. The first kappa shape index (κ1) is 14.1. The minimum absolute atomic E-state index is 0.106. The quantitative estimate of drug-likeness (QED) is 0.875. The summed E-state index contributed by atoms with van der Waals surface area (Å²) in [5.74, 6) is -0.815. The van der Waals surface area contributed by atoms with Crippen molar-refractivity contribution in [2.75, 3.05) is 6.54 Å². The molecule has 0 fully saturated rings. The molecule has 1 amide bonds. The standard InChI is InChI=1S/C13H12F2N2O3/c14-12(15)10(18)7-16-13(19)11-6-9(17-20-11)8-4-2-1-3-5-8/h1-6,10,12,18H,7H2,(H,16,19). The van der Waals surface area contributed by atoms with Crippen LogP contribution in [0.2, 0.25) is 0 Å². The van der Waals surface area contributed by atoms with Crippen LogP contribution in [0.3, 0.4) is 0 Å². The highest BCUT2D eigenvalue weighted by Crippen LogP contribution is 2.18. The third-order valence-corrected chi connectivity index (χ3v) is 2.57. The number of carbonyl (C=O) groups excluding carboxylic acids is 1. The monoisotopic (exact) mass is 282 g/mol. The lowest BCUT2D eigenvalue weighted by Crippen LogP contribution is -2.35. The summed E-state index contributed by atoms with van der Waals surface area (Å²) in [5, 5.41) is 14.8. The van der Waals surface area contributed by atoms with E-state index >= 15 is 0 Å². The normalized spacial score (nSPS) is 12.4. The molecule has 2 aromatic rings. The van der Waals surface area contributed by atoms with Gasteiger partial charge in [-0.15, -0.1) is 0 Å². The fourth-order valence-electron chi connectivity index (χ4n) is 1.50. The van der Waals surface area contributed by atoms with E-state index in [0.717, 1.165) is 5.56 Å². The molecule has 2 N–H and O–H groups in total. The van der Waals surface area contributed by atoms with Crippen LogP contribution in [-0.2, 0) is 0 Å². The van der Waals surface area contributed by atoms with Crippen molar-refractivity contribution in [3.63, 3.8) is 0 Å². The van der Waals surface area contributed by atoms with Crippen LogP contribution in [0.15, 0.2) is 40.9 Å². The van der Waals surface area contributed by atoms with E-state index < -0.39 is 25.0 Å². The molecule has 0 spiro atoms. The van der Waals surface area contributed by atoms with Gasteiger partial charge >= 0.3 is 0 Å². The van der Waals surface area contributed by atoms with E-state index in [1.54, 1.807) is 12.1 Å². The summed E-state index contributed by atoms with van der Waals surface area (Å²) in [7, 11) is 0. The molecule has 2 rings (SSSR count). The van der Waals surface area contributed by atoms with Crippen molar-refractivity contribution in [1.82, 2.24) is 10.5 Å². The molecule has 1 unspecified atom stereocenters. The fraction of sp³-hybridized carbons (Fsp3) is 0.231. The van der Waals surface area contributed by atoms with Crippen LogP contribution in [0.4, 0.5) is 8.78 Å². The second-order valence-electron chi connectivity index (χ2n) is 4.05. The third kappa shape index (κ3) is 3.39. The number of hydrogen-bond donors (Lipinski definition) is 2. The smallest absolute Gasteiger partial charge is 0.290 e. The van der Waals surface area contributed by atoms with Crippen molar-refractivity contribution < 1.29 is 23.2 Å². The number of aliphatic hydroxyl groups is 1. The lowest BCUT2D eigenvalue weighted by Gasteiger charge is -2.08. The van der Waals surface area contributed by atoms with Gasteiger partial charge in [-0.25, -0.2) is 8.78 Å². The SMILES string of the molecule is O=C(NCC(O)C(F)F)c1cc(-c2ccccc2)no1. The Bertz CT molecular complexity index is 572. The first-order valence-corrected chi connectivity index (χ1v) is 5.84. The van der Waals surface area contributed by atoms with Gasteiger partial charge in [-0.1, -0.05) is 35.5 Å². The summed E-state index contributed by atoms with van der Waals surface area (Å²) in [4.78, 5) is 11.6. The fourth-order valence-corrected chi connectivity index (χ4v) is 1.50. The predicted molar refractivity (Wildman–Crippen MR) is 66.3 cm³/mol. The minimum Gasteiger partial charge on any atom is -0.385 e. The molecule has 1 atom stereocenters. The second kappa shape index (κ2) is 6.25. The van der Waals surface area contributed by atoms with Gasteiger partial charge in [0.25, 0.3) is 12.3 Å². The minimum atomic E-state index is -2.91. The van der Waals surface area contributed by atoms with Gasteiger partial charge in [0.2, 0.25) is 5.76 Å². The Morgan fingerprint density at radius 2 is 2.05 bits per heavy atom. The third-order valence-electron chi connectivity index (χ3n) is 2.57. The van der Waals surface area contributed by atoms with Crippen molar-refractivity contribution in [3.05, 3.63) is 42.2 Å². The van der Waals surface area contributed by atoms with E-state index in [9.17, 15) is 13.6 Å². The molecule has 1 heterocycles. The molecular weight excluding hydrogens is 270 g/mol. The molecule has 0 aliphatic rings. The average molecular weight is 282 g/mol. The molecule has 20 heavy (non-hydrogen) atoms. The molecule has 7 heteroatoms. The zero-order chi connectivity index (χ0) is 14.5. The van der Waals surface area contributed by atoms with Gasteiger partial charge in [-0.2, -0.15) is 0 Å². The van der Waals surface area contributed by atoms with Crippen LogP contribution in [0, 0.1) is 0 Å². The van der Waals surface area contributed by atoms with E-state index in [2.05, 4.69) is 10.5 Å². The molecular formula is C13H12F2N2O3. The largest absolute Gasteiger partial charge is 0.385 e. The molecule has 1 aromatic carbocycles. The molecule has 0 aliphatic heterocycles. The molecule has 0 saturated heterocycles. The summed E-state index contributed by atoms with van der Waals surface area (Å²) in [5.41, 5.74) is 1.23. The number of halogens is 2. The van der Waals surface area contributed by atoms with Crippen molar-refractivity contribution in [2.24, 2.45) is 0 Å². The molecule has 0 saturated carbocycles. The van der Waals surface area contributed by atoms with E-state index in [-0.39, 0.29) is 5.76 Å². The Labute approximate surface area is 113 Å². The molecule has 0 radical (unpaired) electrons. The number of benzene rings is 1. The average Bonchev–Trinajstić information content (AvgIpc) is 2.95. The molecule has 1 aromatic heterocycles. The van der Waals surface area contributed by atoms with Gasteiger partial charge in [0.05, 0.1) is 0 Å². The second-order valence-corrected chi connectivity index (χ2v) is 4.05. The Balaban J connectivity index is 2.00. The molecule has 0 bridgehead atoms. The van der Waals surface area contributed by atoms with Gasteiger partial charge in [-0.05, 0) is 0 Å². The van der Waals surface area contributed by atoms with E-state index in [1.807, 2.05) is 18.2 Å². The van der Waals surface area contributed by atoms with Gasteiger partial charge in [0, 0.05) is 18.2 Å². The van der Waals surface area contributed by atoms with Gasteiger partial charge in [0.15, 0.2) is 0 Å². The topological polar surface area (TPSA) is 75.4 Å². The van der Waals surface area contributed by atoms with Crippen molar-refractivity contribution >= 4 is 5.91 Å². The summed E-state index contributed by atoms with van der Waals surface area (Å²) in [6.07, 6.45) is -4.82. The van der Waals surface area contributed by atoms with Crippen LogP contribution in [-0.4, -0.2) is 35.2 Å². The van der Waals surface area contributed by atoms with Crippen LogP contribution in [0.1, 0.15) is 10.6 Å². The number of aromatic nitrogens is 1. The Hall–Kier alpha value is -2.28. The maximum atomic E-state index is 12.1. The lowest BCUT2D eigenvalue weighted by molar-refractivity contribution is -0.00286. The number of amides is 1. The first-order valence-electron chi connectivity index (χ1n) is 5.84. The highest BCUT2D eigenvalue weighted by atomic mass is 19.3. The van der Waals surface area contributed by atoms with Crippen LogP contribution >= 0.6 is 0 Å². The van der Waals surface area contributed by atoms with E-state index in [1.165, 1.54) is 6.07 Å². The van der Waals surface area contributed by atoms with Gasteiger partial charge in [-0.3, -0.25) is 4.79 Å². The number of rotatable bonds is 5. The van der Waals surface area contributed by atoms with Crippen molar-refractivity contribution in [2.45, 2.75) is 12.5 Å². The molecule has 5 nitrogen and oxygen atoms in total. The first-order chi connectivity index (χ1) is 9.58. The lowest BCUT2D eigenvalue weighted by atomic mass is 10.1. The zero-order valence-electron chi connectivity index (χ0n) is 10.3. The number of hydrogen-bond acceptors (Lipinski definition) is 4. The summed E-state index contributed by atoms with van der Waals surface area (Å²) in [6, 6.07) is 10.4. The number of aliphatic hydroxyl groups excluding tert-OH is 1. The molecule has 106 valence electrons. The van der Waals surface area contributed by atoms with Gasteiger partial charge < -0.3 is 14.9 Å². The maximum Gasteiger partial charge on any atom is 0.290 e. The van der Waals surface area contributed by atoms with E-state index in [0.29, 0.717) is 5.69 Å². The van der Waals surface area contributed by atoms with E-state index in [4.69, 9.17) is 9.63 Å². The van der Waals surface area contributed by atoms with Crippen molar-refractivity contribution in [3.8, 4) is 11.3 Å². The number of nitrogens with zero attached hydrogens (tertiary/aromatic N) is 1. The maximum absolute atomic E-state index is 12.1. The Morgan fingerprint density at radius 1 is 1.35 bits per heavy atom. The highest BCUT2D eigenvalue weighted by Gasteiger charge is 2.19. The number of carbonyl (C=O) groups is 1. The Morgan fingerprint density at radius 3 is 2.70 bits per heavy atom. The van der Waals surface area contributed by atoms with Gasteiger partial charge in [0.1, 0.15) is 11.8 Å². The van der Waals surface area contributed by atoms with Crippen LogP contribution in [0.5, 0.6) is 0 Å². The highest BCUT2D eigenvalue weighted by molar-refractivity contribution is 5.92. The zero-order valence-corrected chi connectivity index (χ0v) is 10.3. The van der Waals surface area contributed by atoms with Crippen LogP contribution in [0.25, 0.3) is 11.3 Å². The number of nitrogens with one attached hydrogen (secondary N) is 1. The summed E-state index contributed by atoms with van der Waals surface area (Å²) in [6.45, 7) is -0.558. The predicted octanol–water partition coefficient (Wildman–Crippen LogP) is 1.70.